The minimum Gasteiger partial charge on any atom is -0.327 e. The Kier molecular flexibility index (Phi) is 2.81. The number of hydrogen-bond acceptors (Lipinski definition) is 3. The zero-order chi connectivity index (χ0) is 9.14. The summed E-state index contributed by atoms with van der Waals surface area (Å²) in [5, 5.41) is 2.29. The van der Waals surface area contributed by atoms with Crippen molar-refractivity contribution in [2.75, 3.05) is 0 Å². The Labute approximate surface area is 71.5 Å². The van der Waals surface area contributed by atoms with Crippen molar-refractivity contribution in [2.24, 2.45) is 11.7 Å². The third-order valence-corrected chi connectivity index (χ3v) is 2.14. The van der Waals surface area contributed by atoms with E-state index in [-0.39, 0.29) is 30.2 Å². The molecule has 1 aliphatic rings. The molecule has 0 spiro atoms. The highest BCUT2D eigenvalue weighted by molar-refractivity contribution is 5.99. The Morgan fingerprint density at radius 1 is 1.58 bits per heavy atom. The summed E-state index contributed by atoms with van der Waals surface area (Å²) < 4.78 is 0. The molecule has 68 valence electrons. The molecular weight excluding hydrogens is 156 g/mol. The van der Waals surface area contributed by atoms with Gasteiger partial charge in [-0.15, -0.1) is 0 Å². The van der Waals surface area contributed by atoms with Crippen LogP contribution in [0.2, 0.25) is 0 Å². The molecule has 4 heteroatoms. The summed E-state index contributed by atoms with van der Waals surface area (Å²) in [6.45, 7) is 2.00. The number of imide groups is 1. The largest absolute Gasteiger partial charge is 0.327 e. The van der Waals surface area contributed by atoms with Crippen molar-refractivity contribution in [1.82, 2.24) is 5.32 Å². The van der Waals surface area contributed by atoms with E-state index in [2.05, 4.69) is 5.32 Å². The minimum atomic E-state index is -0.286. The van der Waals surface area contributed by atoms with Gasteiger partial charge in [-0.1, -0.05) is 13.3 Å². The van der Waals surface area contributed by atoms with Crippen molar-refractivity contribution in [3.63, 3.8) is 0 Å². The number of hydrogen-bond donors (Lipinski definition) is 2. The van der Waals surface area contributed by atoms with E-state index in [9.17, 15) is 9.59 Å². The van der Waals surface area contributed by atoms with Gasteiger partial charge >= 0.3 is 0 Å². The molecule has 1 rings (SSSR count). The summed E-state index contributed by atoms with van der Waals surface area (Å²) >= 11 is 0. The average Bonchev–Trinajstić information content (AvgIpc) is 1.96. The number of nitrogens with two attached hydrogens (primary N) is 1. The van der Waals surface area contributed by atoms with Crippen molar-refractivity contribution in [1.29, 1.82) is 0 Å². The molecule has 1 aliphatic heterocycles. The maximum absolute atomic E-state index is 11.2. The Balaban J connectivity index is 2.60. The van der Waals surface area contributed by atoms with Crippen molar-refractivity contribution in [2.45, 2.75) is 32.2 Å². The van der Waals surface area contributed by atoms with Gasteiger partial charge in [0.25, 0.3) is 0 Å². The first-order chi connectivity index (χ1) is 5.65. The van der Waals surface area contributed by atoms with Crippen LogP contribution in [0.4, 0.5) is 0 Å². The second-order valence-corrected chi connectivity index (χ2v) is 3.18. The van der Waals surface area contributed by atoms with Crippen LogP contribution in [-0.4, -0.2) is 17.9 Å². The van der Waals surface area contributed by atoms with Crippen LogP contribution in [0.1, 0.15) is 26.2 Å². The Bertz CT molecular complexity index is 203. The van der Waals surface area contributed by atoms with Gasteiger partial charge in [0, 0.05) is 12.5 Å². The summed E-state index contributed by atoms with van der Waals surface area (Å²) in [4.78, 5) is 22.0. The Morgan fingerprint density at radius 2 is 2.25 bits per heavy atom. The molecule has 1 fully saturated rings. The second kappa shape index (κ2) is 3.67. The van der Waals surface area contributed by atoms with E-state index in [4.69, 9.17) is 5.73 Å². The highest BCUT2D eigenvalue weighted by Crippen LogP contribution is 2.16. The molecule has 0 bridgehead atoms. The molecule has 2 amide bonds. The maximum atomic E-state index is 11.2. The number of carbonyl (C=O) groups is 2. The summed E-state index contributed by atoms with van der Waals surface area (Å²) in [7, 11) is 0. The molecule has 12 heavy (non-hydrogen) atoms. The van der Waals surface area contributed by atoms with E-state index < -0.39 is 0 Å². The van der Waals surface area contributed by atoms with E-state index >= 15 is 0 Å². The quantitative estimate of drug-likeness (QED) is 0.562. The first-order valence-corrected chi connectivity index (χ1v) is 4.24. The topological polar surface area (TPSA) is 72.2 Å². The van der Waals surface area contributed by atoms with Gasteiger partial charge in [0.05, 0.1) is 5.92 Å². The molecule has 0 aromatic rings. The maximum Gasteiger partial charge on any atom is 0.231 e. The van der Waals surface area contributed by atoms with Gasteiger partial charge in [-0.05, 0) is 6.42 Å². The Hall–Kier alpha value is -0.900. The summed E-state index contributed by atoms with van der Waals surface area (Å²) in [6.07, 6.45) is 1.96. The number of piperidine rings is 1. The van der Waals surface area contributed by atoms with Crippen LogP contribution in [0.25, 0.3) is 0 Å². The van der Waals surface area contributed by atoms with Crippen molar-refractivity contribution >= 4 is 11.8 Å². The second-order valence-electron chi connectivity index (χ2n) is 3.18. The van der Waals surface area contributed by atoms with Gasteiger partial charge in [-0.2, -0.15) is 0 Å². The predicted molar refractivity (Wildman–Crippen MR) is 44.1 cm³/mol. The molecule has 1 saturated heterocycles. The lowest BCUT2D eigenvalue weighted by Gasteiger charge is -2.26. The normalized spacial score (nSPS) is 30.2. The smallest absolute Gasteiger partial charge is 0.231 e. The predicted octanol–water partition coefficient (Wildman–Crippen LogP) is -0.223. The van der Waals surface area contributed by atoms with Crippen molar-refractivity contribution < 1.29 is 9.59 Å². The molecule has 2 atom stereocenters. The van der Waals surface area contributed by atoms with Gasteiger partial charge < -0.3 is 5.73 Å². The van der Waals surface area contributed by atoms with E-state index in [1.54, 1.807) is 0 Å². The van der Waals surface area contributed by atoms with Crippen LogP contribution < -0.4 is 11.1 Å². The van der Waals surface area contributed by atoms with Crippen molar-refractivity contribution in [3.05, 3.63) is 0 Å². The monoisotopic (exact) mass is 170 g/mol. The fourth-order valence-corrected chi connectivity index (χ4v) is 1.49. The van der Waals surface area contributed by atoms with Gasteiger partial charge in [0.2, 0.25) is 11.8 Å². The molecule has 0 saturated carbocycles. The number of carbonyl (C=O) groups excluding carboxylic acids is 2. The summed E-state index contributed by atoms with van der Waals surface area (Å²) in [5.74, 6) is -0.631. The summed E-state index contributed by atoms with van der Waals surface area (Å²) in [5.41, 5.74) is 5.66. The molecule has 3 N–H and O–H groups in total. The fraction of sp³-hybridized carbons (Fsp3) is 0.750. The van der Waals surface area contributed by atoms with Gasteiger partial charge in [-0.25, -0.2) is 0 Å². The third kappa shape index (κ3) is 1.82. The number of amides is 2. The number of rotatable bonds is 2. The molecular formula is C8H14N2O2. The highest BCUT2D eigenvalue weighted by atomic mass is 16.2. The van der Waals surface area contributed by atoms with E-state index in [1.807, 2.05) is 6.92 Å². The molecule has 0 aromatic carbocycles. The van der Waals surface area contributed by atoms with E-state index in [0.717, 1.165) is 12.8 Å². The first-order valence-electron chi connectivity index (χ1n) is 4.24. The minimum absolute atomic E-state index is 0.173. The van der Waals surface area contributed by atoms with E-state index in [0.29, 0.717) is 0 Å². The molecule has 2 unspecified atom stereocenters. The van der Waals surface area contributed by atoms with E-state index in [1.165, 1.54) is 0 Å². The first kappa shape index (κ1) is 9.19. The molecule has 4 nitrogen and oxygen atoms in total. The third-order valence-electron chi connectivity index (χ3n) is 2.14. The molecule has 1 heterocycles. The van der Waals surface area contributed by atoms with Crippen LogP contribution >= 0.6 is 0 Å². The van der Waals surface area contributed by atoms with Crippen LogP contribution in [0.5, 0.6) is 0 Å². The standard InChI is InChI=1S/C8H14N2O2/c1-2-3-5-6(9)4-7(11)10-8(5)12/h5-6H,2-4,9H2,1H3,(H,10,11,12). The SMILES string of the molecule is CCCC1C(=O)NC(=O)CC1N. The lowest BCUT2D eigenvalue weighted by Crippen LogP contribution is -2.51. The van der Waals surface area contributed by atoms with Crippen LogP contribution in [0.15, 0.2) is 0 Å². The number of nitrogens with one attached hydrogen (secondary N) is 1. The van der Waals surface area contributed by atoms with Gasteiger partial charge in [0.1, 0.15) is 0 Å². The van der Waals surface area contributed by atoms with Crippen LogP contribution in [-0.2, 0) is 9.59 Å². The fourth-order valence-electron chi connectivity index (χ4n) is 1.49. The van der Waals surface area contributed by atoms with Gasteiger partial charge in [-0.3, -0.25) is 14.9 Å². The summed E-state index contributed by atoms with van der Waals surface area (Å²) in [6, 6.07) is -0.286. The zero-order valence-corrected chi connectivity index (χ0v) is 7.17. The van der Waals surface area contributed by atoms with Crippen LogP contribution in [0, 0.1) is 5.92 Å². The average molecular weight is 170 g/mol. The molecule has 0 aromatic heterocycles. The zero-order valence-electron chi connectivity index (χ0n) is 7.17. The Morgan fingerprint density at radius 3 is 2.75 bits per heavy atom. The van der Waals surface area contributed by atoms with Crippen LogP contribution in [0.3, 0.4) is 0 Å². The lowest BCUT2D eigenvalue weighted by atomic mass is 9.89. The molecule has 0 aliphatic carbocycles. The highest BCUT2D eigenvalue weighted by Gasteiger charge is 2.32. The lowest BCUT2D eigenvalue weighted by molar-refractivity contribution is -0.137. The molecule has 0 radical (unpaired) electrons. The van der Waals surface area contributed by atoms with Gasteiger partial charge in [0.15, 0.2) is 0 Å². The van der Waals surface area contributed by atoms with Crippen molar-refractivity contribution in [3.8, 4) is 0 Å².